The van der Waals surface area contributed by atoms with Crippen LogP contribution < -0.4 is 0 Å². The first-order valence-corrected chi connectivity index (χ1v) is 4.65. The zero-order chi connectivity index (χ0) is 10.7. The van der Waals surface area contributed by atoms with Gasteiger partial charge in [0.2, 0.25) is 5.89 Å². The van der Waals surface area contributed by atoms with E-state index in [1.807, 2.05) is 0 Å². The first-order chi connectivity index (χ1) is 7.24. The molecule has 2 aromatic rings. The number of aromatic nitrogens is 2. The number of halogens is 1. The summed E-state index contributed by atoms with van der Waals surface area (Å²) in [5.41, 5.74) is 0.857. The molecule has 16 heavy (non-hydrogen) atoms. The Bertz CT molecular complexity index is 484. The zero-order valence-corrected chi connectivity index (χ0v) is 8.49. The maximum atomic E-state index is 12.6. The number of hydrogen-bond acceptors (Lipinski definition) is 4. The molecular formula is C10H8FKN2OS. The fourth-order valence-corrected chi connectivity index (χ4v) is 1.17. The Labute approximate surface area is 140 Å². The number of thiol groups is 1. The van der Waals surface area contributed by atoms with Crippen LogP contribution >= 0.6 is 12.6 Å². The van der Waals surface area contributed by atoms with E-state index in [1.165, 1.54) is 12.1 Å². The van der Waals surface area contributed by atoms with Gasteiger partial charge in [-0.3, -0.25) is 0 Å². The molecule has 0 atom stereocenters. The summed E-state index contributed by atoms with van der Waals surface area (Å²) in [6.07, 6.45) is 3.39. The number of benzene rings is 1. The van der Waals surface area contributed by atoms with Gasteiger partial charge in [-0.1, -0.05) is 24.8 Å². The van der Waals surface area contributed by atoms with Gasteiger partial charge < -0.3 is 4.42 Å². The van der Waals surface area contributed by atoms with Gasteiger partial charge in [0.05, 0.1) is 0 Å². The standard InChI is InChI=1S/C10H7FN2OS.K.H/c11-8-4-1-7(2-5-8)3-6-9-12-13-10(15)14-9;;/h1-6H,(H,13,15);;. The molecule has 0 saturated heterocycles. The third-order valence-electron chi connectivity index (χ3n) is 1.72. The molecule has 0 fully saturated rings. The molecule has 0 amide bonds. The molecule has 6 heteroatoms. The van der Waals surface area contributed by atoms with Crippen molar-refractivity contribution >= 4 is 76.2 Å². The molecule has 0 aliphatic rings. The van der Waals surface area contributed by atoms with Gasteiger partial charge in [0, 0.05) is 6.08 Å². The van der Waals surface area contributed by atoms with Crippen LogP contribution in [0.15, 0.2) is 33.9 Å². The Balaban J connectivity index is 0.00000128. The number of rotatable bonds is 2. The first-order valence-electron chi connectivity index (χ1n) is 4.20. The molecule has 0 saturated carbocycles. The first kappa shape index (κ1) is 14.1. The van der Waals surface area contributed by atoms with E-state index in [4.69, 9.17) is 4.42 Å². The normalized spacial score (nSPS) is 10.4. The SMILES string of the molecule is Fc1ccc(C=Cc2nnc(S)o2)cc1.[KH]. The van der Waals surface area contributed by atoms with E-state index in [0.29, 0.717) is 5.89 Å². The summed E-state index contributed by atoms with van der Waals surface area (Å²) in [7, 11) is 0. The van der Waals surface area contributed by atoms with Gasteiger partial charge in [0.15, 0.2) is 0 Å². The molecule has 0 bridgehead atoms. The molecule has 0 spiro atoms. The van der Waals surface area contributed by atoms with E-state index >= 15 is 0 Å². The molecule has 1 aromatic carbocycles. The molecule has 0 aliphatic heterocycles. The van der Waals surface area contributed by atoms with Crippen molar-refractivity contribution in [3.05, 3.63) is 41.5 Å². The summed E-state index contributed by atoms with van der Waals surface area (Å²) < 4.78 is 17.6. The summed E-state index contributed by atoms with van der Waals surface area (Å²) in [6, 6.07) is 6.09. The van der Waals surface area contributed by atoms with Crippen LogP contribution in [0.1, 0.15) is 11.5 Å². The Hall–Kier alpha value is 0.0164. The topological polar surface area (TPSA) is 38.9 Å². The van der Waals surface area contributed by atoms with Gasteiger partial charge in [0.25, 0.3) is 5.22 Å². The zero-order valence-electron chi connectivity index (χ0n) is 7.59. The summed E-state index contributed by atoms with van der Waals surface area (Å²) >= 11 is 3.88. The van der Waals surface area contributed by atoms with E-state index in [2.05, 4.69) is 22.8 Å². The number of hydrogen-bond donors (Lipinski definition) is 1. The van der Waals surface area contributed by atoms with Gasteiger partial charge >= 0.3 is 51.4 Å². The molecular weight excluding hydrogens is 254 g/mol. The fraction of sp³-hybridized carbons (Fsp3) is 0. The van der Waals surface area contributed by atoms with E-state index in [9.17, 15) is 4.39 Å². The summed E-state index contributed by atoms with van der Waals surface area (Å²) in [5, 5.41) is 7.49. The maximum absolute atomic E-state index is 12.6. The van der Waals surface area contributed by atoms with Crippen LogP contribution in [0.2, 0.25) is 0 Å². The second-order valence-corrected chi connectivity index (χ2v) is 3.19. The minimum atomic E-state index is -0.261. The Morgan fingerprint density at radius 2 is 1.81 bits per heavy atom. The van der Waals surface area contributed by atoms with Crippen molar-refractivity contribution in [3.8, 4) is 0 Å². The van der Waals surface area contributed by atoms with Gasteiger partial charge in [0.1, 0.15) is 5.82 Å². The van der Waals surface area contributed by atoms with Gasteiger partial charge in [-0.25, -0.2) is 4.39 Å². The van der Waals surface area contributed by atoms with Crippen molar-refractivity contribution < 1.29 is 8.81 Å². The van der Waals surface area contributed by atoms with Crippen molar-refractivity contribution in [1.29, 1.82) is 0 Å². The molecule has 1 heterocycles. The summed E-state index contributed by atoms with van der Waals surface area (Å²) in [5.74, 6) is 0.104. The van der Waals surface area contributed by atoms with E-state index in [0.717, 1.165) is 5.56 Å². The van der Waals surface area contributed by atoms with Crippen LogP contribution in [0.3, 0.4) is 0 Å². The number of nitrogens with zero attached hydrogens (tertiary/aromatic N) is 2. The fourth-order valence-electron chi connectivity index (χ4n) is 1.04. The molecule has 0 N–H and O–H groups in total. The van der Waals surface area contributed by atoms with Crippen LogP contribution in [0.5, 0.6) is 0 Å². The molecule has 0 unspecified atom stereocenters. The van der Waals surface area contributed by atoms with E-state index in [1.54, 1.807) is 24.3 Å². The monoisotopic (exact) mass is 262 g/mol. The quantitative estimate of drug-likeness (QED) is 0.665. The Morgan fingerprint density at radius 1 is 1.12 bits per heavy atom. The van der Waals surface area contributed by atoms with Crippen molar-refractivity contribution in [3.63, 3.8) is 0 Å². The van der Waals surface area contributed by atoms with Gasteiger partial charge in [-0.05, 0) is 23.8 Å². The summed E-state index contributed by atoms with van der Waals surface area (Å²) in [6.45, 7) is 0. The summed E-state index contributed by atoms with van der Waals surface area (Å²) in [4.78, 5) is 0. The van der Waals surface area contributed by atoms with Crippen molar-refractivity contribution in [2.24, 2.45) is 0 Å². The minimum absolute atomic E-state index is 0. The van der Waals surface area contributed by atoms with Gasteiger partial charge in [-0.15, -0.1) is 10.2 Å². The van der Waals surface area contributed by atoms with Crippen molar-refractivity contribution in [2.75, 3.05) is 0 Å². The van der Waals surface area contributed by atoms with Crippen molar-refractivity contribution in [1.82, 2.24) is 10.2 Å². The second kappa shape index (κ2) is 6.68. The van der Waals surface area contributed by atoms with Crippen LogP contribution in [0.25, 0.3) is 12.2 Å². The van der Waals surface area contributed by atoms with E-state index in [-0.39, 0.29) is 62.4 Å². The molecule has 0 radical (unpaired) electrons. The molecule has 1 aromatic heterocycles. The Kier molecular flexibility index (Phi) is 5.88. The molecule has 0 aliphatic carbocycles. The molecule has 3 nitrogen and oxygen atoms in total. The predicted molar refractivity (Wildman–Crippen MR) is 64.0 cm³/mol. The van der Waals surface area contributed by atoms with Crippen molar-refractivity contribution in [2.45, 2.75) is 5.22 Å². The van der Waals surface area contributed by atoms with Crippen LogP contribution in [0.4, 0.5) is 4.39 Å². The third-order valence-corrected chi connectivity index (χ3v) is 1.90. The average molecular weight is 262 g/mol. The van der Waals surface area contributed by atoms with Crippen LogP contribution in [0, 0.1) is 5.82 Å². The van der Waals surface area contributed by atoms with E-state index < -0.39 is 0 Å². The average Bonchev–Trinajstić information content (AvgIpc) is 2.64. The predicted octanol–water partition coefficient (Wildman–Crippen LogP) is 2.02. The molecule has 78 valence electrons. The van der Waals surface area contributed by atoms with Gasteiger partial charge in [-0.2, -0.15) is 0 Å². The van der Waals surface area contributed by atoms with Crippen LogP contribution in [-0.4, -0.2) is 61.6 Å². The molecule has 2 rings (SSSR count). The Morgan fingerprint density at radius 3 is 2.38 bits per heavy atom. The third kappa shape index (κ3) is 4.12. The van der Waals surface area contributed by atoms with Crippen LogP contribution in [-0.2, 0) is 0 Å². The second-order valence-electron chi connectivity index (χ2n) is 2.81.